The second-order valence-corrected chi connectivity index (χ2v) is 7.62. The average Bonchev–Trinajstić information content (AvgIpc) is 2.76. The van der Waals surface area contributed by atoms with Gasteiger partial charge in [-0.05, 0) is 46.6 Å². The molecule has 0 saturated carbocycles. The molecule has 2 rings (SSSR count). The highest BCUT2D eigenvalue weighted by atomic mass is 16.6. The van der Waals surface area contributed by atoms with Crippen molar-refractivity contribution in [1.82, 2.24) is 4.90 Å². The topological polar surface area (TPSA) is 65.1 Å². The molecule has 1 aromatic rings. The van der Waals surface area contributed by atoms with Crippen molar-refractivity contribution in [3.63, 3.8) is 0 Å². The number of hydrogen-bond donors (Lipinski definition) is 0. The molecule has 1 saturated heterocycles. The minimum absolute atomic E-state index is 0.462. The second-order valence-electron chi connectivity index (χ2n) is 7.62. The maximum absolute atomic E-state index is 12.8. The first-order valence-corrected chi connectivity index (χ1v) is 8.37. The number of carbonyl (C=O) groups is 2. The number of methoxy groups -OCH3 is 1. The Bertz CT molecular complexity index is 620. The summed E-state index contributed by atoms with van der Waals surface area (Å²) in [6, 6.07) is 9.14. The minimum atomic E-state index is -0.985. The first-order chi connectivity index (χ1) is 11.5. The maximum Gasteiger partial charge on any atom is 0.412 e. The van der Waals surface area contributed by atoms with Crippen molar-refractivity contribution >= 4 is 12.1 Å². The number of carbonyl (C=O) groups excluding carboxylic acids is 2. The maximum atomic E-state index is 12.8. The van der Waals surface area contributed by atoms with E-state index in [1.54, 1.807) is 34.6 Å². The van der Waals surface area contributed by atoms with Gasteiger partial charge in [-0.2, -0.15) is 0 Å². The molecule has 6 nitrogen and oxygen atoms in total. The Balaban J connectivity index is 2.36. The van der Waals surface area contributed by atoms with E-state index < -0.39 is 35.5 Å². The SMILES string of the molecule is COC(=O)[C@H]1OC(C)(C)N(C(=O)OC(C)(C)C)[C@H]1Cc1ccccc1. The summed E-state index contributed by atoms with van der Waals surface area (Å²) >= 11 is 0. The Morgan fingerprint density at radius 1 is 1.20 bits per heavy atom. The Morgan fingerprint density at radius 3 is 2.32 bits per heavy atom. The fourth-order valence-electron chi connectivity index (χ4n) is 3.02. The summed E-state index contributed by atoms with van der Waals surface area (Å²) < 4.78 is 16.3. The fraction of sp³-hybridized carbons (Fsp3) is 0.579. The van der Waals surface area contributed by atoms with Gasteiger partial charge in [0, 0.05) is 0 Å². The first kappa shape index (κ1) is 19.2. The zero-order valence-corrected chi connectivity index (χ0v) is 15.7. The van der Waals surface area contributed by atoms with Gasteiger partial charge >= 0.3 is 12.1 Å². The first-order valence-electron chi connectivity index (χ1n) is 8.37. The van der Waals surface area contributed by atoms with E-state index in [9.17, 15) is 9.59 Å². The van der Waals surface area contributed by atoms with Gasteiger partial charge in [-0.1, -0.05) is 30.3 Å². The summed E-state index contributed by atoms with van der Waals surface area (Å²) in [4.78, 5) is 26.5. The summed E-state index contributed by atoms with van der Waals surface area (Å²) in [6.07, 6.45) is -0.916. The number of nitrogens with zero attached hydrogens (tertiary/aromatic N) is 1. The Morgan fingerprint density at radius 2 is 1.80 bits per heavy atom. The minimum Gasteiger partial charge on any atom is -0.467 e. The third kappa shape index (κ3) is 4.51. The Hall–Kier alpha value is -2.08. The number of benzene rings is 1. The molecule has 1 fully saturated rings. The van der Waals surface area contributed by atoms with Crippen molar-refractivity contribution < 1.29 is 23.8 Å². The predicted molar refractivity (Wildman–Crippen MR) is 93.0 cm³/mol. The van der Waals surface area contributed by atoms with Crippen molar-refractivity contribution in [2.75, 3.05) is 7.11 Å². The van der Waals surface area contributed by atoms with Crippen molar-refractivity contribution in [1.29, 1.82) is 0 Å². The van der Waals surface area contributed by atoms with Gasteiger partial charge in [0.15, 0.2) is 6.10 Å². The highest BCUT2D eigenvalue weighted by Crippen LogP contribution is 2.35. The van der Waals surface area contributed by atoms with Crippen molar-refractivity contribution in [2.45, 2.75) is 64.5 Å². The number of hydrogen-bond acceptors (Lipinski definition) is 5. The van der Waals surface area contributed by atoms with Gasteiger partial charge in [0.2, 0.25) is 0 Å². The summed E-state index contributed by atoms with van der Waals surface area (Å²) in [5.74, 6) is -0.500. The van der Waals surface area contributed by atoms with Crippen molar-refractivity contribution in [2.24, 2.45) is 0 Å². The van der Waals surface area contributed by atoms with E-state index >= 15 is 0 Å². The number of esters is 1. The van der Waals surface area contributed by atoms with Crippen molar-refractivity contribution in [3.8, 4) is 0 Å². The lowest BCUT2D eigenvalue weighted by atomic mass is 10.0. The molecule has 138 valence electrons. The van der Waals surface area contributed by atoms with E-state index in [1.807, 2.05) is 30.3 Å². The Kier molecular flexibility index (Phi) is 5.42. The van der Waals surface area contributed by atoms with E-state index in [2.05, 4.69) is 0 Å². The zero-order chi connectivity index (χ0) is 18.8. The molecule has 0 bridgehead atoms. The lowest BCUT2D eigenvalue weighted by Crippen LogP contribution is -2.51. The molecule has 0 aromatic heterocycles. The summed E-state index contributed by atoms with van der Waals surface area (Å²) in [5, 5.41) is 0. The Labute approximate surface area is 149 Å². The van der Waals surface area contributed by atoms with Gasteiger partial charge in [-0.3, -0.25) is 4.90 Å². The molecule has 0 unspecified atom stereocenters. The largest absolute Gasteiger partial charge is 0.467 e. The van der Waals surface area contributed by atoms with Crippen LogP contribution in [0.1, 0.15) is 40.2 Å². The molecule has 0 radical (unpaired) electrons. The molecule has 25 heavy (non-hydrogen) atoms. The van der Waals surface area contributed by atoms with Crippen LogP contribution >= 0.6 is 0 Å². The van der Waals surface area contributed by atoms with E-state index in [0.29, 0.717) is 6.42 Å². The van der Waals surface area contributed by atoms with E-state index in [0.717, 1.165) is 5.56 Å². The monoisotopic (exact) mass is 349 g/mol. The van der Waals surface area contributed by atoms with Gasteiger partial charge in [0.25, 0.3) is 0 Å². The number of amides is 1. The smallest absolute Gasteiger partial charge is 0.412 e. The van der Waals surface area contributed by atoms with Gasteiger partial charge in [-0.25, -0.2) is 9.59 Å². The molecular weight excluding hydrogens is 322 g/mol. The van der Waals surface area contributed by atoms with Crippen LogP contribution in [0.3, 0.4) is 0 Å². The molecule has 1 aromatic carbocycles. The van der Waals surface area contributed by atoms with Gasteiger partial charge in [0.1, 0.15) is 11.3 Å². The van der Waals surface area contributed by atoms with Crippen LogP contribution in [0.25, 0.3) is 0 Å². The van der Waals surface area contributed by atoms with Crippen LogP contribution in [0.4, 0.5) is 4.79 Å². The molecule has 1 aliphatic rings. The van der Waals surface area contributed by atoms with Gasteiger partial charge in [0.05, 0.1) is 13.2 Å². The lowest BCUT2D eigenvalue weighted by molar-refractivity contribution is -0.158. The van der Waals surface area contributed by atoms with Crippen LogP contribution < -0.4 is 0 Å². The predicted octanol–water partition coefficient (Wildman–Crippen LogP) is 3.14. The summed E-state index contributed by atoms with van der Waals surface area (Å²) in [7, 11) is 1.31. The lowest BCUT2D eigenvalue weighted by Gasteiger charge is -2.35. The van der Waals surface area contributed by atoms with E-state index in [-0.39, 0.29) is 0 Å². The highest BCUT2D eigenvalue weighted by molar-refractivity contribution is 5.79. The van der Waals surface area contributed by atoms with E-state index in [4.69, 9.17) is 14.2 Å². The molecule has 1 heterocycles. The van der Waals surface area contributed by atoms with E-state index in [1.165, 1.54) is 12.0 Å². The van der Waals surface area contributed by atoms with Gasteiger partial charge < -0.3 is 14.2 Å². The molecule has 1 aliphatic heterocycles. The third-order valence-corrected chi connectivity index (χ3v) is 3.99. The number of rotatable bonds is 3. The standard InChI is InChI=1S/C19H27NO5/c1-18(2,3)25-17(22)20-14(12-13-10-8-7-9-11-13)15(16(21)23-6)24-19(20,4)5/h7-11,14-15H,12H2,1-6H3/t14-,15-/m0/s1. The van der Waals surface area contributed by atoms with Crippen LogP contribution in [0.15, 0.2) is 30.3 Å². The third-order valence-electron chi connectivity index (χ3n) is 3.99. The van der Waals surface area contributed by atoms with Crippen LogP contribution in [0.2, 0.25) is 0 Å². The highest BCUT2D eigenvalue weighted by Gasteiger charge is 2.54. The molecule has 0 aliphatic carbocycles. The quantitative estimate of drug-likeness (QED) is 0.785. The molecule has 1 amide bonds. The normalized spacial score (nSPS) is 22.6. The summed E-state index contributed by atoms with van der Waals surface area (Å²) in [5.41, 5.74) is -0.634. The van der Waals surface area contributed by atoms with Crippen LogP contribution in [0, 0.1) is 0 Å². The van der Waals surface area contributed by atoms with Gasteiger partial charge in [-0.15, -0.1) is 0 Å². The second kappa shape index (κ2) is 7.04. The molecule has 2 atom stereocenters. The zero-order valence-electron chi connectivity index (χ0n) is 15.7. The van der Waals surface area contributed by atoms with Crippen LogP contribution in [0.5, 0.6) is 0 Å². The summed E-state index contributed by atoms with van der Waals surface area (Å²) in [6.45, 7) is 8.91. The average molecular weight is 349 g/mol. The van der Waals surface area contributed by atoms with Crippen molar-refractivity contribution in [3.05, 3.63) is 35.9 Å². The fourth-order valence-corrected chi connectivity index (χ4v) is 3.02. The molecule has 0 spiro atoms. The molecule has 0 N–H and O–H groups in total. The van der Waals surface area contributed by atoms with Crippen LogP contribution in [-0.2, 0) is 25.4 Å². The van der Waals surface area contributed by atoms with Crippen LogP contribution in [-0.4, -0.2) is 47.5 Å². The molecule has 6 heteroatoms. The molecular formula is C19H27NO5. The number of ether oxygens (including phenoxy) is 3.